The highest BCUT2D eigenvalue weighted by Crippen LogP contribution is 2.22. The molecule has 2 fully saturated rings. The molecule has 4 atom stereocenters. The fraction of sp³-hybridized carbons (Fsp3) is 1.00. The molecule has 0 saturated carbocycles. The first kappa shape index (κ1) is 11.4. The summed E-state index contributed by atoms with van der Waals surface area (Å²) >= 11 is 0. The predicted molar refractivity (Wildman–Crippen MR) is 62.0 cm³/mol. The molecule has 2 aliphatic rings. The van der Waals surface area contributed by atoms with Gasteiger partial charge in [0.05, 0.1) is 6.10 Å². The van der Waals surface area contributed by atoms with E-state index < -0.39 is 0 Å². The maximum Gasteiger partial charge on any atom is 0.0702 e. The van der Waals surface area contributed by atoms with Crippen LogP contribution in [-0.2, 0) is 4.74 Å². The van der Waals surface area contributed by atoms with Gasteiger partial charge in [-0.2, -0.15) is 0 Å². The van der Waals surface area contributed by atoms with Crippen LogP contribution in [0.5, 0.6) is 0 Å². The van der Waals surface area contributed by atoms with E-state index in [-0.39, 0.29) is 0 Å². The van der Waals surface area contributed by atoms with Crippen molar-refractivity contribution >= 4 is 0 Å². The second kappa shape index (κ2) is 4.81. The van der Waals surface area contributed by atoms with Gasteiger partial charge in [0.2, 0.25) is 0 Å². The van der Waals surface area contributed by atoms with E-state index in [0.29, 0.717) is 12.1 Å². The first-order valence-corrected chi connectivity index (χ1v) is 6.21. The molecule has 88 valence electrons. The number of likely N-dealkylation sites (N-methyl/N-ethyl adjacent to an activating group) is 1. The molecule has 0 spiro atoms. The molecule has 2 saturated heterocycles. The van der Waals surface area contributed by atoms with Crippen LogP contribution in [0.15, 0.2) is 0 Å². The number of rotatable bonds is 3. The maximum atomic E-state index is 5.62. The van der Waals surface area contributed by atoms with Gasteiger partial charge in [-0.05, 0) is 45.3 Å². The van der Waals surface area contributed by atoms with Crippen LogP contribution < -0.4 is 5.32 Å². The van der Waals surface area contributed by atoms with Crippen molar-refractivity contribution < 1.29 is 4.74 Å². The summed E-state index contributed by atoms with van der Waals surface area (Å²) in [5, 5.41) is 3.47. The van der Waals surface area contributed by atoms with Crippen molar-refractivity contribution in [3.05, 3.63) is 0 Å². The van der Waals surface area contributed by atoms with Gasteiger partial charge in [0.15, 0.2) is 0 Å². The lowest BCUT2D eigenvalue weighted by atomic mass is 9.96. The Balaban J connectivity index is 1.83. The normalized spacial score (nSPS) is 41.6. The Morgan fingerprint density at radius 3 is 2.67 bits per heavy atom. The largest absolute Gasteiger partial charge is 0.377 e. The van der Waals surface area contributed by atoms with Gasteiger partial charge < -0.3 is 15.0 Å². The minimum absolute atomic E-state index is 0.416. The Hall–Kier alpha value is -0.120. The molecule has 0 bridgehead atoms. The smallest absolute Gasteiger partial charge is 0.0702 e. The number of nitrogens with zero attached hydrogens (tertiary/aromatic N) is 1. The van der Waals surface area contributed by atoms with Crippen LogP contribution >= 0.6 is 0 Å². The van der Waals surface area contributed by atoms with E-state index >= 15 is 0 Å². The van der Waals surface area contributed by atoms with Gasteiger partial charge >= 0.3 is 0 Å². The molecule has 0 radical (unpaired) electrons. The zero-order valence-corrected chi connectivity index (χ0v) is 10.2. The zero-order chi connectivity index (χ0) is 10.8. The van der Waals surface area contributed by atoms with Gasteiger partial charge in [-0.15, -0.1) is 0 Å². The average Bonchev–Trinajstić information content (AvgIpc) is 2.76. The van der Waals surface area contributed by atoms with Crippen molar-refractivity contribution in [3.63, 3.8) is 0 Å². The van der Waals surface area contributed by atoms with Gasteiger partial charge in [-0.25, -0.2) is 0 Å². The second-order valence-corrected chi connectivity index (χ2v) is 5.27. The molecule has 0 aromatic rings. The van der Waals surface area contributed by atoms with Crippen molar-refractivity contribution in [1.82, 2.24) is 10.2 Å². The summed E-state index contributed by atoms with van der Waals surface area (Å²) in [6.45, 7) is 9.08. The van der Waals surface area contributed by atoms with E-state index in [1.54, 1.807) is 0 Å². The lowest BCUT2D eigenvalue weighted by molar-refractivity contribution is 0.0770. The first-order chi connectivity index (χ1) is 7.18. The van der Waals surface area contributed by atoms with Gasteiger partial charge in [0.1, 0.15) is 0 Å². The second-order valence-electron chi connectivity index (χ2n) is 5.27. The van der Waals surface area contributed by atoms with Crippen LogP contribution in [0.3, 0.4) is 0 Å². The number of nitrogens with one attached hydrogen (secondary N) is 1. The molecule has 1 N–H and O–H groups in total. The summed E-state index contributed by atoms with van der Waals surface area (Å²) in [4.78, 5) is 2.51. The first-order valence-electron chi connectivity index (χ1n) is 6.21. The minimum Gasteiger partial charge on any atom is -0.377 e. The fourth-order valence-corrected chi connectivity index (χ4v) is 2.91. The van der Waals surface area contributed by atoms with E-state index in [1.807, 2.05) is 0 Å². The Bertz CT molecular complexity index is 210. The van der Waals surface area contributed by atoms with E-state index in [2.05, 4.69) is 31.1 Å². The third kappa shape index (κ3) is 2.52. The number of hydrogen-bond acceptors (Lipinski definition) is 3. The molecule has 0 amide bonds. The highest BCUT2D eigenvalue weighted by Gasteiger charge is 2.31. The summed E-state index contributed by atoms with van der Waals surface area (Å²) in [7, 11) is 2.25. The lowest BCUT2D eigenvalue weighted by Gasteiger charge is -2.30. The summed E-state index contributed by atoms with van der Waals surface area (Å²) in [6.07, 6.45) is 1.62. The Kier molecular flexibility index (Phi) is 3.65. The summed E-state index contributed by atoms with van der Waals surface area (Å²) in [5.74, 6) is 1.65. The van der Waals surface area contributed by atoms with Gasteiger partial charge in [0, 0.05) is 19.2 Å². The average molecular weight is 212 g/mol. The molecule has 2 aliphatic heterocycles. The Morgan fingerprint density at radius 1 is 1.33 bits per heavy atom. The highest BCUT2D eigenvalue weighted by atomic mass is 16.5. The SMILES string of the molecule is CC1CNCC1CN(C)C1CCOC1C. The number of ether oxygens (including phenoxy) is 1. The van der Waals surface area contributed by atoms with Crippen LogP contribution in [-0.4, -0.2) is 50.3 Å². The Morgan fingerprint density at radius 2 is 2.13 bits per heavy atom. The summed E-state index contributed by atoms with van der Waals surface area (Å²) < 4.78 is 5.62. The summed E-state index contributed by atoms with van der Waals surface area (Å²) in [6, 6.07) is 0.637. The van der Waals surface area contributed by atoms with E-state index in [1.165, 1.54) is 26.1 Å². The van der Waals surface area contributed by atoms with Crippen molar-refractivity contribution in [1.29, 1.82) is 0 Å². The molecule has 0 aromatic carbocycles. The molecule has 0 aromatic heterocycles. The molecule has 2 rings (SSSR count). The zero-order valence-electron chi connectivity index (χ0n) is 10.2. The molecule has 2 heterocycles. The standard InChI is InChI=1S/C12H24N2O/c1-9-6-13-7-11(9)8-14(3)12-4-5-15-10(12)2/h9-13H,4-8H2,1-3H3. The summed E-state index contributed by atoms with van der Waals surface area (Å²) in [5.41, 5.74) is 0. The van der Waals surface area contributed by atoms with Crippen molar-refractivity contribution in [2.45, 2.75) is 32.4 Å². The molecule has 3 heteroatoms. The van der Waals surface area contributed by atoms with Crippen LogP contribution in [0.4, 0.5) is 0 Å². The van der Waals surface area contributed by atoms with Crippen LogP contribution in [0.1, 0.15) is 20.3 Å². The van der Waals surface area contributed by atoms with Crippen LogP contribution in [0.2, 0.25) is 0 Å². The Labute approximate surface area is 93.2 Å². The third-order valence-corrected chi connectivity index (χ3v) is 4.10. The molecule has 3 nitrogen and oxygen atoms in total. The van der Waals surface area contributed by atoms with E-state index in [0.717, 1.165) is 18.4 Å². The van der Waals surface area contributed by atoms with Gasteiger partial charge in [-0.1, -0.05) is 6.92 Å². The fourth-order valence-electron chi connectivity index (χ4n) is 2.91. The molecule has 4 unspecified atom stereocenters. The van der Waals surface area contributed by atoms with Crippen molar-refractivity contribution in [3.8, 4) is 0 Å². The van der Waals surface area contributed by atoms with Gasteiger partial charge in [0.25, 0.3) is 0 Å². The van der Waals surface area contributed by atoms with Crippen molar-refractivity contribution in [2.75, 3.05) is 33.3 Å². The molecule has 15 heavy (non-hydrogen) atoms. The monoisotopic (exact) mass is 212 g/mol. The van der Waals surface area contributed by atoms with Gasteiger partial charge in [-0.3, -0.25) is 0 Å². The van der Waals surface area contributed by atoms with E-state index in [9.17, 15) is 0 Å². The molecular weight excluding hydrogens is 188 g/mol. The third-order valence-electron chi connectivity index (χ3n) is 4.10. The predicted octanol–water partition coefficient (Wildman–Crippen LogP) is 0.951. The lowest BCUT2D eigenvalue weighted by Crippen LogP contribution is -2.40. The number of hydrogen-bond donors (Lipinski definition) is 1. The molecular formula is C12H24N2O. The topological polar surface area (TPSA) is 24.5 Å². The van der Waals surface area contributed by atoms with E-state index in [4.69, 9.17) is 4.74 Å². The minimum atomic E-state index is 0.416. The van der Waals surface area contributed by atoms with Crippen molar-refractivity contribution in [2.24, 2.45) is 11.8 Å². The highest BCUT2D eigenvalue weighted by molar-refractivity contribution is 4.85. The molecule has 0 aliphatic carbocycles. The maximum absolute atomic E-state index is 5.62. The van der Waals surface area contributed by atoms with Crippen LogP contribution in [0.25, 0.3) is 0 Å². The quantitative estimate of drug-likeness (QED) is 0.754. The van der Waals surface area contributed by atoms with Crippen LogP contribution in [0, 0.1) is 11.8 Å².